The van der Waals surface area contributed by atoms with Gasteiger partial charge in [-0.1, -0.05) is 60.7 Å². The zero-order valence-electron chi connectivity index (χ0n) is 25.7. The molecule has 3 heteroatoms. The summed E-state index contributed by atoms with van der Waals surface area (Å²) in [6, 6.07) is 33.1. The van der Waals surface area contributed by atoms with Crippen molar-refractivity contribution in [3.63, 3.8) is 0 Å². The van der Waals surface area contributed by atoms with Gasteiger partial charge in [0.05, 0.1) is 0 Å². The molecular weight excluding hydrogens is 665 g/mol. The molecule has 0 heterocycles. The fraction of sp³-hybridized carbons (Fsp3) is 0.405. The molecule has 212 valence electrons. The Morgan fingerprint density at radius 1 is 0.625 bits per heavy atom. The SMILES string of the molecule is CC1=C(C)C(C)[C]([Hf]([CH3])([NH]C2CCCCCCCC2)[SiH2]c2ccccc2)=C1C.c1ccc(-c2ccccc2)cc1. The van der Waals surface area contributed by atoms with Crippen LogP contribution < -0.4 is 8.49 Å². The van der Waals surface area contributed by atoms with E-state index in [1.165, 1.54) is 62.5 Å². The van der Waals surface area contributed by atoms with Gasteiger partial charge in [-0.3, -0.25) is 0 Å². The summed E-state index contributed by atoms with van der Waals surface area (Å²) in [7, 11) is 0. The number of hydrogen-bond acceptors (Lipinski definition) is 1. The number of rotatable bonds is 6. The quantitative estimate of drug-likeness (QED) is 0.251. The van der Waals surface area contributed by atoms with Gasteiger partial charge in [0.25, 0.3) is 0 Å². The summed E-state index contributed by atoms with van der Waals surface area (Å²) in [5.74, 6) is 0.673. The smallest absolute Gasteiger partial charge is 0.0184 e. The number of nitrogens with one attached hydrogen (secondary N) is 1. The van der Waals surface area contributed by atoms with Crippen molar-refractivity contribution >= 4 is 11.9 Å². The minimum atomic E-state index is -2.79. The number of benzene rings is 3. The van der Waals surface area contributed by atoms with E-state index < -0.39 is 19.4 Å². The molecule has 0 saturated heterocycles. The summed E-state index contributed by atoms with van der Waals surface area (Å²) >= 11 is -2.79. The van der Waals surface area contributed by atoms with E-state index in [1.807, 2.05) is 15.5 Å². The van der Waals surface area contributed by atoms with Crippen LogP contribution in [0.5, 0.6) is 0 Å². The van der Waals surface area contributed by atoms with Crippen LogP contribution in [0.4, 0.5) is 0 Å². The first-order valence-electron chi connectivity index (χ1n) is 15.7. The van der Waals surface area contributed by atoms with Crippen molar-refractivity contribution in [3.05, 3.63) is 111 Å². The van der Waals surface area contributed by atoms with Crippen molar-refractivity contribution in [2.45, 2.75) is 89.8 Å². The molecule has 0 radical (unpaired) electrons. The fourth-order valence-corrected chi connectivity index (χ4v) is 42.8. The molecule has 1 N–H and O–H groups in total. The van der Waals surface area contributed by atoms with Crippen molar-refractivity contribution < 1.29 is 19.4 Å². The third-order valence-corrected chi connectivity index (χ3v) is 38.7. The monoisotopic (exact) mass is 717 g/mol. The second-order valence-electron chi connectivity index (χ2n) is 12.3. The Hall–Kier alpha value is -1.81. The topological polar surface area (TPSA) is 12.0 Å². The van der Waals surface area contributed by atoms with E-state index >= 15 is 0 Å². The van der Waals surface area contributed by atoms with E-state index in [-0.39, 0.29) is 6.71 Å². The predicted octanol–water partition coefficient (Wildman–Crippen LogP) is 9.22. The molecule has 0 bridgehead atoms. The molecule has 2 atom stereocenters. The standard InChI is InChI=1S/C12H10.C9H18N.C9H13.C6H7Si.CH3.Hf/c1-3-7-11(8-4-1)12-9-5-2-6-10-12;10-9-7-5-3-1-2-4-6-8-9;1-6-5-7(2)9(4)8(6)3;7-6-4-2-1-3-5-6;;/h1-10H;9-10H,1-8H2;6H,1-4H3;1-5H,7H2;1H3;/q;-1;;;;+1. The summed E-state index contributed by atoms with van der Waals surface area (Å²) in [6.45, 7) is 9.40. The van der Waals surface area contributed by atoms with Crippen molar-refractivity contribution in [1.82, 2.24) is 3.30 Å². The van der Waals surface area contributed by atoms with Gasteiger partial charge in [-0.2, -0.15) is 0 Å². The van der Waals surface area contributed by atoms with Crippen LogP contribution in [0.25, 0.3) is 11.1 Å². The Kier molecular flexibility index (Phi) is 12.0. The molecule has 5 rings (SSSR count). The molecule has 2 aliphatic rings. The Balaban J connectivity index is 0.000000255. The maximum Gasteiger partial charge on any atom is -0.0184 e. The summed E-state index contributed by atoms with van der Waals surface area (Å²) < 4.78 is 9.20. The zero-order chi connectivity index (χ0) is 28.4. The van der Waals surface area contributed by atoms with Gasteiger partial charge in [0.15, 0.2) is 0 Å². The van der Waals surface area contributed by atoms with E-state index in [1.54, 1.807) is 21.9 Å². The van der Waals surface area contributed by atoms with Gasteiger partial charge >= 0.3 is 181 Å². The van der Waals surface area contributed by atoms with Crippen LogP contribution >= 0.6 is 0 Å². The fourth-order valence-electron chi connectivity index (χ4n) is 6.97. The van der Waals surface area contributed by atoms with Crippen molar-refractivity contribution in [2.75, 3.05) is 0 Å². The average molecular weight is 716 g/mol. The molecule has 1 fully saturated rings. The molecular formula is C37H51HfNSi. The number of hydrogen-bond donors (Lipinski definition) is 1. The molecule has 0 spiro atoms. The normalized spacial score (nSPS) is 20.5. The van der Waals surface area contributed by atoms with Crippen LogP contribution in [0.3, 0.4) is 0 Å². The minimum absolute atomic E-state index is 0.279. The molecule has 1 saturated carbocycles. The molecule has 2 unspecified atom stereocenters. The molecule has 3 aromatic rings. The van der Waals surface area contributed by atoms with E-state index in [2.05, 4.69) is 115 Å². The first kappa shape index (κ1) is 31.1. The van der Waals surface area contributed by atoms with Crippen LogP contribution in [0.2, 0.25) is 4.68 Å². The molecule has 2 aliphatic carbocycles. The van der Waals surface area contributed by atoms with Gasteiger partial charge in [-0.05, 0) is 11.1 Å². The molecule has 1 nitrogen and oxygen atoms in total. The number of allylic oxidation sites excluding steroid dienone is 4. The van der Waals surface area contributed by atoms with Gasteiger partial charge in [-0.25, -0.2) is 0 Å². The summed E-state index contributed by atoms with van der Waals surface area (Å²) in [6.07, 6.45) is 11.5. The Morgan fingerprint density at radius 2 is 1.07 bits per heavy atom. The van der Waals surface area contributed by atoms with E-state index in [9.17, 15) is 0 Å². The second-order valence-corrected chi connectivity index (χ2v) is 41.4. The Bertz CT molecular complexity index is 1200. The Labute approximate surface area is 251 Å². The van der Waals surface area contributed by atoms with Crippen LogP contribution in [0.15, 0.2) is 111 Å². The first-order valence-corrected chi connectivity index (χ1v) is 31.9. The molecule has 0 aliphatic heterocycles. The Morgan fingerprint density at radius 3 is 1.52 bits per heavy atom. The van der Waals surface area contributed by atoms with Crippen LogP contribution in [0.1, 0.15) is 79.1 Å². The second kappa shape index (κ2) is 15.4. The van der Waals surface area contributed by atoms with Crippen LogP contribution in [-0.4, -0.2) is 12.7 Å². The maximum absolute atomic E-state index is 4.52. The van der Waals surface area contributed by atoms with Gasteiger partial charge in [0, 0.05) is 0 Å². The van der Waals surface area contributed by atoms with Crippen molar-refractivity contribution in [2.24, 2.45) is 5.92 Å². The summed E-state index contributed by atoms with van der Waals surface area (Å²) in [5.41, 5.74) is 7.44. The first-order chi connectivity index (χ1) is 19.4. The zero-order valence-corrected chi connectivity index (χ0v) is 30.7. The van der Waals surface area contributed by atoms with Gasteiger partial charge < -0.3 is 0 Å². The predicted molar refractivity (Wildman–Crippen MR) is 176 cm³/mol. The third kappa shape index (κ3) is 8.36. The molecule has 0 aromatic heterocycles. The third-order valence-electron chi connectivity index (χ3n) is 9.39. The summed E-state index contributed by atoms with van der Waals surface area (Å²) in [5, 5.41) is 1.68. The summed E-state index contributed by atoms with van der Waals surface area (Å²) in [4.78, 5) is 0. The van der Waals surface area contributed by atoms with Gasteiger partial charge in [-0.15, -0.1) is 0 Å². The molecule has 3 aromatic carbocycles. The maximum atomic E-state index is 4.52. The van der Waals surface area contributed by atoms with Gasteiger partial charge in [0.1, 0.15) is 0 Å². The van der Waals surface area contributed by atoms with E-state index in [0.29, 0.717) is 5.92 Å². The van der Waals surface area contributed by atoms with Gasteiger partial charge in [0.2, 0.25) is 0 Å². The van der Waals surface area contributed by atoms with E-state index in [0.717, 1.165) is 6.04 Å². The van der Waals surface area contributed by atoms with Crippen molar-refractivity contribution in [1.29, 1.82) is 0 Å². The van der Waals surface area contributed by atoms with Crippen LogP contribution in [-0.2, 0) is 19.4 Å². The van der Waals surface area contributed by atoms with Crippen LogP contribution in [0, 0.1) is 5.92 Å². The van der Waals surface area contributed by atoms with E-state index in [4.69, 9.17) is 0 Å². The molecule has 0 amide bonds. The van der Waals surface area contributed by atoms with Crippen molar-refractivity contribution in [3.8, 4) is 11.1 Å². The molecule has 40 heavy (non-hydrogen) atoms. The average Bonchev–Trinajstić information content (AvgIpc) is 3.26. The largest absolute Gasteiger partial charge is 0.0622 e. The minimum Gasteiger partial charge on any atom is -0.0622 e.